The van der Waals surface area contributed by atoms with Gasteiger partial charge in [-0.1, -0.05) is 12.1 Å². The highest BCUT2D eigenvalue weighted by Crippen LogP contribution is 2.37. The summed E-state index contributed by atoms with van der Waals surface area (Å²) in [5.74, 6) is 1.12. The molecule has 0 N–H and O–H groups in total. The van der Waals surface area contributed by atoms with Crippen LogP contribution in [0.1, 0.15) is 28.4 Å². The number of hydrogen-bond acceptors (Lipinski definition) is 6. The average molecular weight is 368 g/mol. The normalized spacial score (nSPS) is 13.9. The number of Topliss-reactive ketones (excluding diaryl/α,β-unsaturated/α-hetero) is 1. The maximum absolute atomic E-state index is 12.7. The predicted octanol–water partition coefficient (Wildman–Crippen LogP) is 3.56. The smallest absolute Gasteiger partial charge is 0.344 e. The molecule has 27 heavy (non-hydrogen) atoms. The Morgan fingerprint density at radius 1 is 1.19 bits per heavy atom. The van der Waals surface area contributed by atoms with E-state index in [-0.39, 0.29) is 18.1 Å². The van der Waals surface area contributed by atoms with Crippen LogP contribution in [0, 0.1) is 6.92 Å². The monoisotopic (exact) mass is 368 g/mol. The Kier molecular flexibility index (Phi) is 5.45. The van der Waals surface area contributed by atoms with Crippen LogP contribution in [-0.4, -0.2) is 32.1 Å². The second kappa shape index (κ2) is 7.95. The summed E-state index contributed by atoms with van der Waals surface area (Å²) < 4.78 is 21.2. The number of fused-ring (bicyclic) bond motifs is 1. The molecule has 0 aromatic heterocycles. The quantitative estimate of drug-likeness (QED) is 0.573. The Bertz CT molecular complexity index is 913. The van der Waals surface area contributed by atoms with Gasteiger partial charge in [-0.25, -0.2) is 4.79 Å². The lowest BCUT2D eigenvalue weighted by molar-refractivity contribution is -0.145. The van der Waals surface area contributed by atoms with E-state index < -0.39 is 5.97 Å². The number of benzene rings is 2. The molecule has 6 heteroatoms. The van der Waals surface area contributed by atoms with Crippen LogP contribution in [-0.2, 0) is 9.53 Å². The molecule has 6 nitrogen and oxygen atoms in total. The van der Waals surface area contributed by atoms with E-state index in [1.807, 2.05) is 24.3 Å². The summed E-state index contributed by atoms with van der Waals surface area (Å²) in [7, 11) is 1.58. The lowest BCUT2D eigenvalue weighted by Gasteiger charge is -2.08. The number of methoxy groups -OCH3 is 1. The van der Waals surface area contributed by atoms with Gasteiger partial charge >= 0.3 is 5.97 Å². The maximum atomic E-state index is 12.7. The zero-order valence-electron chi connectivity index (χ0n) is 15.4. The summed E-state index contributed by atoms with van der Waals surface area (Å²) in [5, 5.41) is 0. The Hall–Kier alpha value is -3.28. The summed E-state index contributed by atoms with van der Waals surface area (Å²) >= 11 is 0. The molecular formula is C21H20O6. The van der Waals surface area contributed by atoms with Crippen LogP contribution in [0.4, 0.5) is 0 Å². The standard InChI is InChI=1S/C21H20O6/c1-4-25-19(22)12-26-16-8-13(2)20-17(11-16)27-18(21(20)23)10-14-6-5-7-15(9-14)24-3/h5-11H,4,12H2,1-3H3/b18-10-. The third kappa shape index (κ3) is 4.11. The number of esters is 1. The van der Waals surface area contributed by atoms with Crippen molar-refractivity contribution in [2.24, 2.45) is 0 Å². The number of ketones is 1. The van der Waals surface area contributed by atoms with Crippen molar-refractivity contribution < 1.29 is 28.5 Å². The SMILES string of the molecule is CCOC(=O)COc1cc(C)c2c(c1)O/C(=C\c1cccc(OC)c1)C2=O. The Morgan fingerprint density at radius 2 is 2.00 bits per heavy atom. The van der Waals surface area contributed by atoms with Gasteiger partial charge in [-0.05, 0) is 49.2 Å². The molecule has 2 aromatic rings. The molecule has 1 heterocycles. The first-order valence-corrected chi connectivity index (χ1v) is 8.53. The van der Waals surface area contributed by atoms with E-state index in [2.05, 4.69) is 0 Å². The molecule has 0 amide bonds. The van der Waals surface area contributed by atoms with Crippen molar-refractivity contribution in [1.82, 2.24) is 0 Å². The molecule has 0 atom stereocenters. The predicted molar refractivity (Wildman–Crippen MR) is 99.2 cm³/mol. The second-order valence-corrected chi connectivity index (χ2v) is 5.92. The fraction of sp³-hybridized carbons (Fsp3) is 0.238. The van der Waals surface area contributed by atoms with Crippen LogP contribution in [0.2, 0.25) is 0 Å². The van der Waals surface area contributed by atoms with Crippen LogP contribution >= 0.6 is 0 Å². The van der Waals surface area contributed by atoms with E-state index in [1.165, 1.54) is 0 Å². The third-order valence-corrected chi connectivity index (χ3v) is 4.00. The molecule has 0 saturated carbocycles. The number of rotatable bonds is 6. The van der Waals surface area contributed by atoms with Crippen LogP contribution < -0.4 is 14.2 Å². The van der Waals surface area contributed by atoms with Crippen molar-refractivity contribution in [2.45, 2.75) is 13.8 Å². The van der Waals surface area contributed by atoms with Crippen LogP contribution in [0.5, 0.6) is 17.2 Å². The molecule has 2 aromatic carbocycles. The fourth-order valence-corrected chi connectivity index (χ4v) is 2.79. The van der Waals surface area contributed by atoms with Crippen molar-refractivity contribution in [3.63, 3.8) is 0 Å². The molecule has 0 bridgehead atoms. The number of aryl methyl sites for hydroxylation is 1. The molecule has 1 aliphatic heterocycles. The van der Waals surface area contributed by atoms with Crippen molar-refractivity contribution in [2.75, 3.05) is 20.3 Å². The van der Waals surface area contributed by atoms with Gasteiger partial charge in [0.05, 0.1) is 19.3 Å². The highest BCUT2D eigenvalue weighted by molar-refractivity contribution is 6.15. The molecular weight excluding hydrogens is 348 g/mol. The summed E-state index contributed by atoms with van der Waals surface area (Å²) in [6.07, 6.45) is 1.67. The van der Waals surface area contributed by atoms with Crippen molar-refractivity contribution in [1.29, 1.82) is 0 Å². The lowest BCUT2D eigenvalue weighted by atomic mass is 10.0. The lowest BCUT2D eigenvalue weighted by Crippen LogP contribution is -2.14. The average Bonchev–Trinajstić information content (AvgIpc) is 2.96. The van der Waals surface area contributed by atoms with Crippen LogP contribution in [0.15, 0.2) is 42.2 Å². The molecule has 0 spiro atoms. The topological polar surface area (TPSA) is 71.1 Å². The van der Waals surface area contributed by atoms with Crippen LogP contribution in [0.3, 0.4) is 0 Å². The number of carbonyl (C=O) groups excluding carboxylic acids is 2. The molecule has 0 aliphatic carbocycles. The third-order valence-electron chi connectivity index (χ3n) is 4.00. The van der Waals surface area contributed by atoms with Gasteiger partial charge in [0.15, 0.2) is 12.4 Å². The second-order valence-electron chi connectivity index (χ2n) is 5.92. The van der Waals surface area contributed by atoms with Gasteiger partial charge in [-0.2, -0.15) is 0 Å². The first kappa shape index (κ1) is 18.5. The molecule has 3 rings (SSSR count). The highest BCUT2D eigenvalue weighted by atomic mass is 16.6. The maximum Gasteiger partial charge on any atom is 0.344 e. The Morgan fingerprint density at radius 3 is 2.74 bits per heavy atom. The van der Waals surface area contributed by atoms with Gasteiger partial charge in [0.2, 0.25) is 5.78 Å². The number of ether oxygens (including phenoxy) is 4. The first-order valence-electron chi connectivity index (χ1n) is 8.53. The molecule has 0 unspecified atom stereocenters. The summed E-state index contributed by atoms with van der Waals surface area (Å²) in [6, 6.07) is 10.6. The fourth-order valence-electron chi connectivity index (χ4n) is 2.79. The largest absolute Gasteiger partial charge is 0.497 e. The van der Waals surface area contributed by atoms with Gasteiger partial charge in [0, 0.05) is 6.07 Å². The summed E-state index contributed by atoms with van der Waals surface area (Å²) in [4.78, 5) is 24.1. The van der Waals surface area contributed by atoms with E-state index in [9.17, 15) is 9.59 Å². The summed E-state index contributed by atoms with van der Waals surface area (Å²) in [5.41, 5.74) is 2.00. The molecule has 140 valence electrons. The number of allylic oxidation sites excluding steroid dienone is 1. The minimum absolute atomic E-state index is 0.192. The van der Waals surface area contributed by atoms with Gasteiger partial charge in [0.25, 0.3) is 0 Å². The molecule has 0 saturated heterocycles. The molecule has 0 radical (unpaired) electrons. The number of hydrogen-bond donors (Lipinski definition) is 0. The minimum atomic E-state index is -0.453. The molecule has 0 fully saturated rings. The molecule has 1 aliphatic rings. The van der Waals surface area contributed by atoms with E-state index in [0.717, 1.165) is 5.56 Å². The Balaban J connectivity index is 1.82. The van der Waals surface area contributed by atoms with E-state index >= 15 is 0 Å². The zero-order valence-corrected chi connectivity index (χ0v) is 15.4. The minimum Gasteiger partial charge on any atom is -0.497 e. The summed E-state index contributed by atoms with van der Waals surface area (Å²) in [6.45, 7) is 3.62. The zero-order chi connectivity index (χ0) is 19.4. The van der Waals surface area contributed by atoms with E-state index in [0.29, 0.717) is 35.0 Å². The van der Waals surface area contributed by atoms with Crippen molar-refractivity contribution in [3.05, 3.63) is 58.8 Å². The van der Waals surface area contributed by atoms with Gasteiger partial charge in [-0.15, -0.1) is 0 Å². The first-order chi connectivity index (χ1) is 13.0. The van der Waals surface area contributed by atoms with E-state index in [4.69, 9.17) is 18.9 Å². The van der Waals surface area contributed by atoms with Crippen molar-refractivity contribution in [3.8, 4) is 17.2 Å². The van der Waals surface area contributed by atoms with Gasteiger partial charge in [0.1, 0.15) is 17.2 Å². The van der Waals surface area contributed by atoms with Gasteiger partial charge in [-0.3, -0.25) is 4.79 Å². The highest BCUT2D eigenvalue weighted by Gasteiger charge is 2.30. The number of carbonyl (C=O) groups is 2. The van der Waals surface area contributed by atoms with Crippen LogP contribution in [0.25, 0.3) is 6.08 Å². The Labute approximate surface area is 157 Å². The van der Waals surface area contributed by atoms with Crippen molar-refractivity contribution >= 4 is 17.8 Å². The van der Waals surface area contributed by atoms with E-state index in [1.54, 1.807) is 39.2 Å². The van der Waals surface area contributed by atoms with Gasteiger partial charge < -0.3 is 18.9 Å².